The van der Waals surface area contributed by atoms with Crippen LogP contribution in [0.15, 0.2) is 0 Å². The van der Waals surface area contributed by atoms with Crippen LogP contribution >= 0.6 is 0 Å². The molecule has 1 fully saturated rings. The summed E-state index contributed by atoms with van der Waals surface area (Å²) in [6.07, 6.45) is 5.55. The number of hydrogen-bond donors (Lipinski definition) is 1. The molecule has 1 nitrogen and oxygen atoms in total. The molecule has 9 heavy (non-hydrogen) atoms. The summed E-state index contributed by atoms with van der Waals surface area (Å²) in [5.74, 6) is 1.94. The second-order valence-corrected chi connectivity index (χ2v) is 3.36. The molecule has 54 valence electrons. The van der Waals surface area contributed by atoms with E-state index in [4.69, 9.17) is 5.73 Å². The summed E-state index contributed by atoms with van der Waals surface area (Å²) in [6, 6.07) is 0. The molecule has 0 amide bonds. The highest BCUT2D eigenvalue weighted by molar-refractivity contribution is 4.72. The molecule has 0 saturated heterocycles. The SMILES string of the molecule is CC1CC[C@H](CCN)C1. The highest BCUT2D eigenvalue weighted by Gasteiger charge is 2.19. The van der Waals surface area contributed by atoms with Gasteiger partial charge in [-0.25, -0.2) is 0 Å². The Labute approximate surface area is 57.6 Å². The van der Waals surface area contributed by atoms with Gasteiger partial charge in [0.05, 0.1) is 0 Å². The Hall–Kier alpha value is -0.0400. The van der Waals surface area contributed by atoms with E-state index < -0.39 is 0 Å². The van der Waals surface area contributed by atoms with Gasteiger partial charge in [-0.05, 0) is 31.2 Å². The van der Waals surface area contributed by atoms with Gasteiger partial charge >= 0.3 is 0 Å². The topological polar surface area (TPSA) is 26.0 Å². The predicted octanol–water partition coefficient (Wildman–Crippen LogP) is 1.77. The maximum Gasteiger partial charge on any atom is -0.00746 e. The summed E-state index contributed by atoms with van der Waals surface area (Å²) < 4.78 is 0. The maximum absolute atomic E-state index is 5.45. The van der Waals surface area contributed by atoms with Crippen molar-refractivity contribution in [3.05, 3.63) is 0 Å². The Morgan fingerprint density at radius 1 is 1.44 bits per heavy atom. The summed E-state index contributed by atoms with van der Waals surface area (Å²) in [7, 11) is 0. The van der Waals surface area contributed by atoms with Gasteiger partial charge < -0.3 is 5.73 Å². The molecule has 1 aliphatic carbocycles. The Morgan fingerprint density at radius 3 is 2.67 bits per heavy atom. The van der Waals surface area contributed by atoms with Crippen LogP contribution in [0.25, 0.3) is 0 Å². The van der Waals surface area contributed by atoms with Gasteiger partial charge in [0.25, 0.3) is 0 Å². The van der Waals surface area contributed by atoms with Crippen LogP contribution in [0.4, 0.5) is 0 Å². The molecule has 2 atom stereocenters. The first-order chi connectivity index (χ1) is 4.33. The van der Waals surface area contributed by atoms with E-state index in [9.17, 15) is 0 Å². The summed E-state index contributed by atoms with van der Waals surface area (Å²) in [6.45, 7) is 3.23. The van der Waals surface area contributed by atoms with Crippen LogP contribution in [0, 0.1) is 11.8 Å². The predicted molar refractivity (Wildman–Crippen MR) is 40.2 cm³/mol. The van der Waals surface area contributed by atoms with Crippen LogP contribution in [0.2, 0.25) is 0 Å². The van der Waals surface area contributed by atoms with Crippen LogP contribution in [0.3, 0.4) is 0 Å². The molecule has 1 unspecified atom stereocenters. The van der Waals surface area contributed by atoms with Crippen LogP contribution in [-0.2, 0) is 0 Å². The van der Waals surface area contributed by atoms with Crippen molar-refractivity contribution in [3.8, 4) is 0 Å². The largest absolute Gasteiger partial charge is 0.330 e. The average Bonchev–Trinajstić information content (AvgIpc) is 2.17. The highest BCUT2D eigenvalue weighted by atomic mass is 14.5. The van der Waals surface area contributed by atoms with Crippen LogP contribution in [-0.4, -0.2) is 6.54 Å². The lowest BCUT2D eigenvalue weighted by Crippen LogP contribution is -2.05. The fourth-order valence-corrected chi connectivity index (χ4v) is 1.82. The van der Waals surface area contributed by atoms with Crippen molar-refractivity contribution in [1.29, 1.82) is 0 Å². The number of nitrogens with two attached hydrogens (primary N) is 1. The van der Waals surface area contributed by atoms with Crippen LogP contribution in [0.1, 0.15) is 32.6 Å². The lowest BCUT2D eigenvalue weighted by molar-refractivity contribution is 0.486. The molecular weight excluding hydrogens is 110 g/mol. The fraction of sp³-hybridized carbons (Fsp3) is 1.00. The second-order valence-electron chi connectivity index (χ2n) is 3.36. The smallest absolute Gasteiger partial charge is 0.00746 e. The monoisotopic (exact) mass is 127 g/mol. The van der Waals surface area contributed by atoms with E-state index in [-0.39, 0.29) is 0 Å². The van der Waals surface area contributed by atoms with Gasteiger partial charge in [0, 0.05) is 0 Å². The minimum absolute atomic E-state index is 0.886. The zero-order valence-electron chi connectivity index (χ0n) is 6.27. The molecule has 0 aromatic carbocycles. The van der Waals surface area contributed by atoms with E-state index in [1.807, 2.05) is 0 Å². The lowest BCUT2D eigenvalue weighted by atomic mass is 10.0. The lowest BCUT2D eigenvalue weighted by Gasteiger charge is -2.05. The zero-order valence-corrected chi connectivity index (χ0v) is 6.27. The molecule has 0 aromatic rings. The zero-order chi connectivity index (χ0) is 6.69. The minimum Gasteiger partial charge on any atom is -0.330 e. The third kappa shape index (κ3) is 1.98. The van der Waals surface area contributed by atoms with Crippen molar-refractivity contribution in [2.24, 2.45) is 17.6 Å². The molecule has 1 aliphatic rings. The first kappa shape index (κ1) is 7.07. The van der Waals surface area contributed by atoms with E-state index in [2.05, 4.69) is 6.92 Å². The van der Waals surface area contributed by atoms with Gasteiger partial charge in [-0.1, -0.05) is 19.8 Å². The van der Waals surface area contributed by atoms with Gasteiger partial charge in [0.15, 0.2) is 0 Å². The second kappa shape index (κ2) is 3.21. The molecule has 1 saturated carbocycles. The maximum atomic E-state index is 5.45. The van der Waals surface area contributed by atoms with Gasteiger partial charge in [-0.2, -0.15) is 0 Å². The van der Waals surface area contributed by atoms with Crippen molar-refractivity contribution in [3.63, 3.8) is 0 Å². The molecule has 0 spiro atoms. The van der Waals surface area contributed by atoms with Gasteiger partial charge in [0.1, 0.15) is 0 Å². The van der Waals surface area contributed by atoms with E-state index in [1.165, 1.54) is 25.7 Å². The molecular formula is C8H17N. The Morgan fingerprint density at radius 2 is 2.22 bits per heavy atom. The van der Waals surface area contributed by atoms with Crippen molar-refractivity contribution in [2.45, 2.75) is 32.6 Å². The summed E-state index contributed by atoms with van der Waals surface area (Å²) in [4.78, 5) is 0. The van der Waals surface area contributed by atoms with Crippen molar-refractivity contribution in [2.75, 3.05) is 6.54 Å². The molecule has 0 bridgehead atoms. The van der Waals surface area contributed by atoms with Gasteiger partial charge in [-0.15, -0.1) is 0 Å². The third-order valence-corrected chi connectivity index (χ3v) is 2.38. The third-order valence-electron chi connectivity index (χ3n) is 2.38. The number of hydrogen-bond acceptors (Lipinski definition) is 1. The molecule has 0 aromatic heterocycles. The summed E-state index contributed by atoms with van der Waals surface area (Å²) >= 11 is 0. The first-order valence-electron chi connectivity index (χ1n) is 4.03. The molecule has 0 radical (unpaired) electrons. The molecule has 1 heteroatoms. The Bertz CT molecular complexity index is 78.6. The summed E-state index contributed by atoms with van der Waals surface area (Å²) in [5, 5.41) is 0. The van der Waals surface area contributed by atoms with Crippen molar-refractivity contribution >= 4 is 0 Å². The van der Waals surface area contributed by atoms with Gasteiger partial charge in [-0.3, -0.25) is 0 Å². The average molecular weight is 127 g/mol. The van der Waals surface area contributed by atoms with Crippen molar-refractivity contribution < 1.29 is 0 Å². The van der Waals surface area contributed by atoms with E-state index in [0.29, 0.717) is 0 Å². The molecule has 2 N–H and O–H groups in total. The molecule has 0 heterocycles. The van der Waals surface area contributed by atoms with Crippen LogP contribution in [0.5, 0.6) is 0 Å². The Kier molecular flexibility index (Phi) is 2.52. The van der Waals surface area contributed by atoms with Crippen molar-refractivity contribution in [1.82, 2.24) is 0 Å². The van der Waals surface area contributed by atoms with Gasteiger partial charge in [0.2, 0.25) is 0 Å². The minimum atomic E-state index is 0.886. The normalized spacial score (nSPS) is 35.3. The quantitative estimate of drug-likeness (QED) is 0.601. The fourth-order valence-electron chi connectivity index (χ4n) is 1.82. The first-order valence-corrected chi connectivity index (χ1v) is 4.03. The Balaban J connectivity index is 2.14. The van der Waals surface area contributed by atoms with Crippen LogP contribution < -0.4 is 5.73 Å². The highest BCUT2D eigenvalue weighted by Crippen LogP contribution is 2.31. The molecule has 1 rings (SSSR count). The van der Waals surface area contributed by atoms with E-state index in [1.54, 1.807) is 0 Å². The van der Waals surface area contributed by atoms with E-state index >= 15 is 0 Å². The van der Waals surface area contributed by atoms with E-state index in [0.717, 1.165) is 18.4 Å². The standard InChI is InChI=1S/C8H17N/c1-7-2-3-8(6-7)4-5-9/h7-8H,2-6,9H2,1H3/t7?,8-/m1/s1. The number of rotatable bonds is 2. The molecule has 0 aliphatic heterocycles. The summed E-state index contributed by atoms with van der Waals surface area (Å²) in [5.41, 5.74) is 5.45.